The molecule has 2 aliphatic heterocycles. The number of nitrogens with one attached hydrogen (secondary N) is 2. The van der Waals surface area contributed by atoms with E-state index in [0.717, 1.165) is 25.1 Å². The van der Waals surface area contributed by atoms with Gasteiger partial charge in [-0.15, -0.1) is 0 Å². The van der Waals surface area contributed by atoms with Gasteiger partial charge in [0.2, 0.25) is 0 Å². The van der Waals surface area contributed by atoms with E-state index in [9.17, 15) is 18.4 Å². The number of aromatic nitrogens is 3. The Morgan fingerprint density at radius 2 is 1.95 bits per heavy atom. The lowest BCUT2D eigenvalue weighted by Gasteiger charge is -2.43. The van der Waals surface area contributed by atoms with Gasteiger partial charge in [0.15, 0.2) is 5.82 Å². The Labute approximate surface area is 209 Å². The number of nitrogen functional groups attached to an aromatic ring is 1. The Morgan fingerprint density at radius 3 is 2.73 bits per heavy atom. The molecule has 8 nitrogen and oxygen atoms in total. The number of hydrogen-bond acceptors (Lipinski definition) is 7. The van der Waals surface area contributed by atoms with Gasteiger partial charge < -0.3 is 25.7 Å². The first kappa shape index (κ1) is 23.3. The Bertz CT molecular complexity index is 1540. The third kappa shape index (κ3) is 4.14. The van der Waals surface area contributed by atoms with Gasteiger partial charge in [-0.1, -0.05) is 0 Å². The number of nitrogens with zero attached hydrogens (tertiary/aromatic N) is 4. The van der Waals surface area contributed by atoms with E-state index < -0.39 is 17.5 Å². The molecule has 4 heterocycles. The number of hydrogen-bond donors (Lipinski definition) is 3. The molecule has 2 atom stereocenters. The molecule has 2 aromatic heterocycles. The van der Waals surface area contributed by atoms with Crippen molar-refractivity contribution in [2.24, 2.45) is 0 Å². The van der Waals surface area contributed by atoms with E-state index in [1.54, 1.807) is 0 Å². The summed E-state index contributed by atoms with van der Waals surface area (Å²) in [5.74, 6) is -1.77. The molecule has 2 fully saturated rings. The monoisotopic (exact) mass is 505 g/mol. The number of aromatic amines is 1. The fourth-order valence-electron chi connectivity index (χ4n) is 5.23. The fourth-order valence-corrected chi connectivity index (χ4v) is 5.23. The van der Waals surface area contributed by atoms with Crippen LogP contribution in [-0.2, 0) is 4.74 Å². The molecule has 2 aromatic carbocycles. The van der Waals surface area contributed by atoms with Crippen molar-refractivity contribution in [2.45, 2.75) is 18.6 Å². The number of halogens is 3. The number of nitrogens with two attached hydrogens (primary N) is 1. The zero-order valence-electron chi connectivity index (χ0n) is 19.6. The number of rotatable bonds is 3. The van der Waals surface area contributed by atoms with Gasteiger partial charge in [-0.3, -0.25) is 0 Å². The molecule has 2 saturated heterocycles. The van der Waals surface area contributed by atoms with E-state index in [2.05, 4.69) is 20.3 Å². The summed E-state index contributed by atoms with van der Waals surface area (Å²) in [7, 11) is 0. The first-order chi connectivity index (χ1) is 17.9. The Kier molecular flexibility index (Phi) is 5.70. The average Bonchev–Trinajstić information content (AvgIpc) is 3.32. The molecule has 0 bridgehead atoms. The largest absolute Gasteiger partial charge is 0.383 e. The van der Waals surface area contributed by atoms with Crippen LogP contribution in [0.5, 0.6) is 0 Å². The molecule has 2 aliphatic rings. The minimum absolute atomic E-state index is 0.0417. The molecule has 0 aliphatic carbocycles. The number of pyridine rings is 1. The maximum Gasteiger partial charge on any atom is 0.152 e. The second kappa shape index (κ2) is 9.06. The summed E-state index contributed by atoms with van der Waals surface area (Å²) in [6, 6.07) is 7.98. The Morgan fingerprint density at radius 1 is 1.14 bits per heavy atom. The highest BCUT2D eigenvalue weighted by atomic mass is 19.1. The molecular formula is C26H22F3N7O. The molecule has 188 valence electrons. The van der Waals surface area contributed by atoms with Gasteiger partial charge in [0.1, 0.15) is 28.8 Å². The van der Waals surface area contributed by atoms with Crippen LogP contribution in [0, 0.1) is 28.8 Å². The van der Waals surface area contributed by atoms with Crippen LogP contribution in [0.15, 0.2) is 36.5 Å². The van der Waals surface area contributed by atoms with E-state index >= 15 is 0 Å². The zero-order valence-corrected chi connectivity index (χ0v) is 19.6. The van der Waals surface area contributed by atoms with Gasteiger partial charge in [0.25, 0.3) is 0 Å². The summed E-state index contributed by atoms with van der Waals surface area (Å²) in [5, 5.41) is 12.7. The number of ether oxygens (including phenoxy) is 1. The summed E-state index contributed by atoms with van der Waals surface area (Å²) in [6.07, 6.45) is 2.14. The van der Waals surface area contributed by atoms with Crippen molar-refractivity contribution >= 4 is 22.5 Å². The quantitative estimate of drug-likeness (QED) is 0.389. The van der Waals surface area contributed by atoms with Crippen molar-refractivity contribution in [3.8, 4) is 28.6 Å². The Balaban J connectivity index is 1.57. The number of H-pyrrole nitrogens is 1. The van der Waals surface area contributed by atoms with Crippen molar-refractivity contribution in [3.63, 3.8) is 0 Å². The second-order valence-electron chi connectivity index (χ2n) is 9.19. The molecule has 0 amide bonds. The topological polar surface area (TPSA) is 116 Å². The lowest BCUT2D eigenvalue weighted by Crippen LogP contribution is -2.58. The number of nitriles is 1. The summed E-state index contributed by atoms with van der Waals surface area (Å²) >= 11 is 0. The summed E-state index contributed by atoms with van der Waals surface area (Å²) in [6.45, 7) is 2.45. The maximum atomic E-state index is 14.7. The van der Waals surface area contributed by atoms with E-state index in [-0.39, 0.29) is 40.4 Å². The van der Waals surface area contributed by atoms with Crippen LogP contribution < -0.4 is 16.0 Å². The minimum atomic E-state index is -0.729. The van der Waals surface area contributed by atoms with Crippen molar-refractivity contribution in [3.05, 3.63) is 59.5 Å². The zero-order chi connectivity index (χ0) is 25.7. The van der Waals surface area contributed by atoms with Crippen molar-refractivity contribution in [2.75, 3.05) is 36.9 Å². The standard InChI is InChI=1S/C26H22F3N7O/c27-15-7-14(8-16(28)9-15)17-11-33-25(31)22(24(17)36-3-1-19-21(12-36)37-4-2-32-19)26-34-20-6-13(10-30)5-18(29)23(20)35-26/h5-9,11,19,21,32H,1-4,12H2,(H2,31,33)(H,34,35). The summed E-state index contributed by atoms with van der Waals surface area (Å²) in [5.41, 5.74) is 8.54. The van der Waals surface area contributed by atoms with Crippen LogP contribution in [0.4, 0.5) is 24.7 Å². The lowest BCUT2D eigenvalue weighted by atomic mass is 9.95. The molecule has 0 saturated carbocycles. The van der Waals surface area contributed by atoms with Crippen LogP contribution >= 0.6 is 0 Å². The fraction of sp³-hybridized carbons (Fsp3) is 0.269. The van der Waals surface area contributed by atoms with Gasteiger partial charge in [-0.2, -0.15) is 5.26 Å². The van der Waals surface area contributed by atoms with E-state index in [1.807, 2.05) is 11.0 Å². The van der Waals surface area contributed by atoms with Gasteiger partial charge in [-0.05, 0) is 36.2 Å². The maximum absolute atomic E-state index is 14.7. The third-order valence-corrected chi connectivity index (χ3v) is 6.88. The van der Waals surface area contributed by atoms with Crippen LogP contribution in [0.25, 0.3) is 33.5 Å². The van der Waals surface area contributed by atoms with Crippen LogP contribution in [0.2, 0.25) is 0 Å². The summed E-state index contributed by atoms with van der Waals surface area (Å²) in [4.78, 5) is 13.9. The highest BCUT2D eigenvalue weighted by molar-refractivity contribution is 5.95. The van der Waals surface area contributed by atoms with Crippen LogP contribution in [0.3, 0.4) is 0 Å². The highest BCUT2D eigenvalue weighted by Crippen LogP contribution is 2.43. The molecule has 4 N–H and O–H groups in total. The van der Waals surface area contributed by atoms with Gasteiger partial charge in [0.05, 0.1) is 41.1 Å². The number of anilines is 2. The lowest BCUT2D eigenvalue weighted by molar-refractivity contribution is -0.00899. The van der Waals surface area contributed by atoms with E-state index in [4.69, 9.17) is 10.5 Å². The number of imidazole rings is 1. The molecule has 11 heteroatoms. The summed E-state index contributed by atoms with van der Waals surface area (Å²) < 4.78 is 49.3. The molecule has 2 unspecified atom stereocenters. The highest BCUT2D eigenvalue weighted by Gasteiger charge is 2.35. The molecular weight excluding hydrogens is 483 g/mol. The van der Waals surface area contributed by atoms with Crippen LogP contribution in [0.1, 0.15) is 12.0 Å². The van der Waals surface area contributed by atoms with E-state index in [0.29, 0.717) is 42.0 Å². The first-order valence-electron chi connectivity index (χ1n) is 11.9. The molecule has 4 aromatic rings. The van der Waals surface area contributed by atoms with Crippen LogP contribution in [-0.4, -0.2) is 53.3 Å². The smallest absolute Gasteiger partial charge is 0.152 e. The van der Waals surface area contributed by atoms with Crippen molar-refractivity contribution in [1.82, 2.24) is 20.3 Å². The molecule has 0 spiro atoms. The van der Waals surface area contributed by atoms with Crippen molar-refractivity contribution in [1.29, 1.82) is 5.26 Å². The Hall–Kier alpha value is -4.14. The third-order valence-electron chi connectivity index (χ3n) is 6.88. The molecule has 6 rings (SSSR count). The number of piperidine rings is 1. The second-order valence-corrected chi connectivity index (χ2v) is 9.19. The molecule has 0 radical (unpaired) electrons. The number of fused-ring (bicyclic) bond motifs is 2. The van der Waals surface area contributed by atoms with Crippen molar-refractivity contribution < 1.29 is 17.9 Å². The van der Waals surface area contributed by atoms with Gasteiger partial charge in [-0.25, -0.2) is 23.1 Å². The predicted molar refractivity (Wildman–Crippen MR) is 132 cm³/mol. The number of benzene rings is 2. The van der Waals surface area contributed by atoms with Gasteiger partial charge >= 0.3 is 0 Å². The van der Waals surface area contributed by atoms with Gasteiger partial charge in [0, 0.05) is 43.5 Å². The molecule has 37 heavy (non-hydrogen) atoms. The first-order valence-corrected chi connectivity index (χ1v) is 11.9. The average molecular weight is 506 g/mol. The van der Waals surface area contributed by atoms with E-state index in [1.165, 1.54) is 24.4 Å². The normalized spacial score (nSPS) is 19.6. The minimum Gasteiger partial charge on any atom is -0.383 e. The number of morpholine rings is 1. The predicted octanol–water partition coefficient (Wildman–Crippen LogP) is 3.73. The SMILES string of the molecule is N#Cc1cc(F)c2nc(-c3c(N)ncc(-c4cc(F)cc(F)c4)c3N3CCC4NCCOC4C3)[nH]c2c1.